The molecule has 1 heterocycles. The van der Waals surface area contributed by atoms with E-state index < -0.39 is 0 Å². The zero-order chi connectivity index (χ0) is 6.69. The molecule has 1 aliphatic heterocycles. The zero-order valence-corrected chi connectivity index (χ0v) is 5.84. The summed E-state index contributed by atoms with van der Waals surface area (Å²) >= 11 is 0. The van der Waals surface area contributed by atoms with Crippen LogP contribution in [0.2, 0.25) is 0 Å². The Morgan fingerprint density at radius 3 is 2.89 bits per heavy atom. The number of ether oxygens (including phenoxy) is 1. The largest absolute Gasteiger partial charge is 0.393 e. The molecule has 2 heteroatoms. The molecule has 0 spiro atoms. The highest BCUT2D eigenvalue weighted by atomic mass is 16.5. The van der Waals surface area contributed by atoms with Crippen molar-refractivity contribution in [2.75, 3.05) is 6.61 Å². The van der Waals surface area contributed by atoms with E-state index in [2.05, 4.69) is 6.92 Å². The molecule has 0 saturated carbocycles. The van der Waals surface area contributed by atoms with Crippen LogP contribution in [0.1, 0.15) is 26.2 Å². The van der Waals surface area contributed by atoms with Gasteiger partial charge < -0.3 is 9.84 Å². The molecular formula is C7H14O2. The van der Waals surface area contributed by atoms with Crippen LogP contribution in [0.3, 0.4) is 0 Å². The van der Waals surface area contributed by atoms with Gasteiger partial charge in [0.05, 0.1) is 12.2 Å². The van der Waals surface area contributed by atoms with Gasteiger partial charge >= 0.3 is 0 Å². The summed E-state index contributed by atoms with van der Waals surface area (Å²) in [6.07, 6.45) is 2.88. The molecule has 2 atom stereocenters. The summed E-state index contributed by atoms with van der Waals surface area (Å²) in [5, 5.41) is 9.13. The smallest absolute Gasteiger partial charge is 0.0597 e. The van der Waals surface area contributed by atoms with Crippen molar-refractivity contribution in [3.05, 3.63) is 0 Å². The Hall–Kier alpha value is -0.0800. The second-order valence-corrected chi connectivity index (χ2v) is 2.58. The van der Waals surface area contributed by atoms with Crippen molar-refractivity contribution in [1.82, 2.24) is 0 Å². The Balaban J connectivity index is 2.23. The van der Waals surface area contributed by atoms with Crippen molar-refractivity contribution in [2.45, 2.75) is 38.4 Å². The van der Waals surface area contributed by atoms with Gasteiger partial charge in [-0.05, 0) is 19.3 Å². The van der Waals surface area contributed by atoms with Crippen LogP contribution in [0.15, 0.2) is 0 Å². The SMILES string of the molecule is CC[C@H]1C[C@H](O)CCO1. The van der Waals surface area contributed by atoms with Crippen molar-refractivity contribution in [3.63, 3.8) is 0 Å². The standard InChI is InChI=1S/C7H14O2/c1-2-7-5-6(8)3-4-9-7/h6-8H,2-5H2,1H3/t6-,7+/m1/s1. The molecule has 1 rings (SSSR count). The highest BCUT2D eigenvalue weighted by Crippen LogP contribution is 2.15. The van der Waals surface area contributed by atoms with Gasteiger partial charge in [-0.25, -0.2) is 0 Å². The molecule has 0 bridgehead atoms. The lowest BCUT2D eigenvalue weighted by molar-refractivity contribution is -0.0441. The third-order valence-electron chi connectivity index (χ3n) is 1.79. The van der Waals surface area contributed by atoms with Crippen molar-refractivity contribution in [1.29, 1.82) is 0 Å². The Kier molecular flexibility index (Phi) is 2.49. The lowest BCUT2D eigenvalue weighted by Gasteiger charge is -2.25. The Morgan fingerprint density at radius 2 is 2.44 bits per heavy atom. The first kappa shape index (κ1) is 7.03. The molecule has 0 aromatic carbocycles. The van der Waals surface area contributed by atoms with Gasteiger partial charge in [-0.3, -0.25) is 0 Å². The number of aliphatic hydroxyl groups excluding tert-OH is 1. The van der Waals surface area contributed by atoms with Gasteiger partial charge in [-0.15, -0.1) is 0 Å². The van der Waals surface area contributed by atoms with E-state index in [0.29, 0.717) is 6.10 Å². The summed E-state index contributed by atoms with van der Waals surface area (Å²) in [5.41, 5.74) is 0. The van der Waals surface area contributed by atoms with Crippen LogP contribution in [-0.2, 0) is 4.74 Å². The minimum atomic E-state index is -0.108. The number of hydrogen-bond donors (Lipinski definition) is 1. The molecule has 0 aromatic rings. The van der Waals surface area contributed by atoms with E-state index in [1.807, 2.05) is 0 Å². The zero-order valence-electron chi connectivity index (χ0n) is 5.84. The molecule has 9 heavy (non-hydrogen) atoms. The predicted molar refractivity (Wildman–Crippen MR) is 35.3 cm³/mol. The van der Waals surface area contributed by atoms with E-state index >= 15 is 0 Å². The van der Waals surface area contributed by atoms with E-state index in [9.17, 15) is 0 Å². The molecule has 1 fully saturated rings. The van der Waals surface area contributed by atoms with Gasteiger partial charge in [0, 0.05) is 6.61 Å². The van der Waals surface area contributed by atoms with Crippen LogP contribution in [0.5, 0.6) is 0 Å². The normalized spacial score (nSPS) is 36.7. The van der Waals surface area contributed by atoms with E-state index in [1.165, 1.54) is 0 Å². The average molecular weight is 130 g/mol. The van der Waals surface area contributed by atoms with Gasteiger partial charge in [-0.2, -0.15) is 0 Å². The van der Waals surface area contributed by atoms with Crippen LogP contribution in [0.4, 0.5) is 0 Å². The van der Waals surface area contributed by atoms with Crippen LogP contribution in [0, 0.1) is 0 Å². The molecule has 1 aliphatic rings. The molecule has 0 amide bonds. The van der Waals surface area contributed by atoms with E-state index in [0.717, 1.165) is 25.9 Å². The van der Waals surface area contributed by atoms with E-state index in [-0.39, 0.29) is 6.10 Å². The van der Waals surface area contributed by atoms with Gasteiger partial charge in [0.1, 0.15) is 0 Å². The van der Waals surface area contributed by atoms with Crippen LogP contribution in [-0.4, -0.2) is 23.9 Å². The number of hydrogen-bond acceptors (Lipinski definition) is 2. The first-order chi connectivity index (χ1) is 4.33. The number of aliphatic hydroxyl groups is 1. The van der Waals surface area contributed by atoms with Crippen LogP contribution < -0.4 is 0 Å². The van der Waals surface area contributed by atoms with Gasteiger partial charge in [-0.1, -0.05) is 6.92 Å². The van der Waals surface area contributed by atoms with Crippen molar-refractivity contribution >= 4 is 0 Å². The van der Waals surface area contributed by atoms with E-state index in [4.69, 9.17) is 9.84 Å². The Bertz CT molecular complexity index is 83.0. The molecule has 1 N–H and O–H groups in total. The quantitative estimate of drug-likeness (QED) is 0.572. The summed E-state index contributed by atoms with van der Waals surface area (Å²) in [6, 6.07) is 0. The van der Waals surface area contributed by atoms with Crippen LogP contribution >= 0.6 is 0 Å². The molecule has 1 saturated heterocycles. The summed E-state index contributed by atoms with van der Waals surface area (Å²) in [5.74, 6) is 0. The Labute approximate surface area is 55.8 Å². The maximum absolute atomic E-state index is 9.13. The summed E-state index contributed by atoms with van der Waals surface area (Å²) in [7, 11) is 0. The first-order valence-electron chi connectivity index (χ1n) is 3.62. The lowest BCUT2D eigenvalue weighted by Crippen LogP contribution is -2.28. The maximum Gasteiger partial charge on any atom is 0.0597 e. The minimum absolute atomic E-state index is 0.108. The lowest BCUT2D eigenvalue weighted by atomic mass is 10.0. The highest BCUT2D eigenvalue weighted by molar-refractivity contribution is 4.68. The van der Waals surface area contributed by atoms with Gasteiger partial charge in [0.25, 0.3) is 0 Å². The fraction of sp³-hybridized carbons (Fsp3) is 1.00. The van der Waals surface area contributed by atoms with Crippen molar-refractivity contribution < 1.29 is 9.84 Å². The first-order valence-corrected chi connectivity index (χ1v) is 3.62. The van der Waals surface area contributed by atoms with E-state index in [1.54, 1.807) is 0 Å². The molecule has 0 aliphatic carbocycles. The fourth-order valence-electron chi connectivity index (χ4n) is 1.14. The summed E-state index contributed by atoms with van der Waals surface area (Å²) < 4.78 is 5.34. The molecular weight excluding hydrogens is 116 g/mol. The second kappa shape index (κ2) is 3.18. The molecule has 2 nitrogen and oxygen atoms in total. The van der Waals surface area contributed by atoms with Gasteiger partial charge in [0.15, 0.2) is 0 Å². The Morgan fingerprint density at radius 1 is 1.67 bits per heavy atom. The molecule has 0 radical (unpaired) electrons. The average Bonchev–Trinajstić information content (AvgIpc) is 1.88. The topological polar surface area (TPSA) is 29.5 Å². The summed E-state index contributed by atoms with van der Waals surface area (Å²) in [6.45, 7) is 2.82. The van der Waals surface area contributed by atoms with Crippen LogP contribution in [0.25, 0.3) is 0 Å². The van der Waals surface area contributed by atoms with Crippen molar-refractivity contribution in [2.24, 2.45) is 0 Å². The summed E-state index contributed by atoms with van der Waals surface area (Å²) in [4.78, 5) is 0. The fourth-order valence-corrected chi connectivity index (χ4v) is 1.14. The molecule has 0 aromatic heterocycles. The predicted octanol–water partition coefficient (Wildman–Crippen LogP) is 0.936. The monoisotopic (exact) mass is 130 g/mol. The van der Waals surface area contributed by atoms with Crippen molar-refractivity contribution in [3.8, 4) is 0 Å². The minimum Gasteiger partial charge on any atom is -0.393 e. The second-order valence-electron chi connectivity index (χ2n) is 2.58. The molecule has 54 valence electrons. The third kappa shape index (κ3) is 1.95. The number of rotatable bonds is 1. The third-order valence-corrected chi connectivity index (χ3v) is 1.79. The highest BCUT2D eigenvalue weighted by Gasteiger charge is 2.18. The molecule has 0 unspecified atom stereocenters. The van der Waals surface area contributed by atoms with Gasteiger partial charge in [0.2, 0.25) is 0 Å². The maximum atomic E-state index is 9.13.